The summed E-state index contributed by atoms with van der Waals surface area (Å²) < 4.78 is 11.0. The number of morpholine rings is 1. The molecule has 116 valence electrons. The zero-order valence-electron chi connectivity index (χ0n) is 12.2. The Bertz CT molecular complexity index is 480. The molecule has 0 aliphatic carbocycles. The molecule has 3 rings (SSSR count). The molecule has 0 bridgehead atoms. The van der Waals surface area contributed by atoms with Crippen LogP contribution in [0.5, 0.6) is 0 Å². The van der Waals surface area contributed by atoms with Crippen LogP contribution in [0.25, 0.3) is 0 Å². The van der Waals surface area contributed by atoms with E-state index in [1.165, 1.54) is 11.3 Å². The van der Waals surface area contributed by atoms with Crippen LogP contribution in [0, 0.1) is 0 Å². The largest absolute Gasteiger partial charge is 0.375 e. The summed E-state index contributed by atoms with van der Waals surface area (Å²) >= 11 is 1.54. The zero-order valence-corrected chi connectivity index (χ0v) is 13.0. The molecule has 0 saturated carbocycles. The van der Waals surface area contributed by atoms with Crippen LogP contribution in [0.2, 0.25) is 0 Å². The normalized spacial score (nSPS) is 26.3. The van der Waals surface area contributed by atoms with E-state index in [4.69, 9.17) is 9.47 Å². The van der Waals surface area contributed by atoms with Gasteiger partial charge in [-0.1, -0.05) is 11.3 Å². The molecule has 1 unspecified atom stereocenters. The zero-order chi connectivity index (χ0) is 14.7. The van der Waals surface area contributed by atoms with Crippen LogP contribution in [0.1, 0.15) is 12.8 Å². The van der Waals surface area contributed by atoms with Crippen molar-refractivity contribution in [2.75, 3.05) is 51.4 Å². The molecule has 2 fully saturated rings. The Morgan fingerprint density at radius 3 is 3.19 bits per heavy atom. The summed E-state index contributed by atoms with van der Waals surface area (Å²) in [6.45, 7) is 3.72. The highest BCUT2D eigenvalue weighted by atomic mass is 32.1. The standard InChI is InChI=1S/C13H20N4O3S/c1-19-7-11(18)16-5-6-20-13(8-16)3-2-4-17(9-13)12-15-14-10-21-12/h10H,2-9H2,1H3. The minimum Gasteiger partial charge on any atom is -0.375 e. The Labute approximate surface area is 127 Å². The second-order valence-corrected chi connectivity index (χ2v) is 6.34. The lowest BCUT2D eigenvalue weighted by Gasteiger charge is -2.47. The first-order chi connectivity index (χ1) is 10.2. The molecular weight excluding hydrogens is 292 g/mol. The second kappa shape index (κ2) is 6.25. The van der Waals surface area contributed by atoms with Gasteiger partial charge < -0.3 is 19.3 Å². The maximum atomic E-state index is 12.0. The van der Waals surface area contributed by atoms with E-state index in [2.05, 4.69) is 15.1 Å². The maximum Gasteiger partial charge on any atom is 0.248 e. The van der Waals surface area contributed by atoms with Gasteiger partial charge in [0, 0.05) is 20.2 Å². The SMILES string of the molecule is COCC(=O)N1CCOC2(CCCN(c3nncs3)C2)C1. The molecule has 1 spiro atoms. The van der Waals surface area contributed by atoms with Crippen LogP contribution in [0.3, 0.4) is 0 Å². The third-order valence-electron chi connectivity index (χ3n) is 4.03. The highest BCUT2D eigenvalue weighted by Gasteiger charge is 2.42. The van der Waals surface area contributed by atoms with Crippen molar-refractivity contribution in [2.24, 2.45) is 0 Å². The fourth-order valence-electron chi connectivity index (χ4n) is 3.09. The molecule has 1 aromatic heterocycles. The molecule has 21 heavy (non-hydrogen) atoms. The van der Waals surface area contributed by atoms with Crippen molar-refractivity contribution in [3.63, 3.8) is 0 Å². The van der Waals surface area contributed by atoms with Crippen LogP contribution in [-0.2, 0) is 14.3 Å². The van der Waals surface area contributed by atoms with E-state index >= 15 is 0 Å². The van der Waals surface area contributed by atoms with Crippen molar-refractivity contribution in [1.82, 2.24) is 15.1 Å². The molecule has 2 saturated heterocycles. The molecule has 3 heterocycles. The highest BCUT2D eigenvalue weighted by Crippen LogP contribution is 2.32. The number of piperidine rings is 1. The highest BCUT2D eigenvalue weighted by molar-refractivity contribution is 7.13. The lowest BCUT2D eigenvalue weighted by molar-refractivity contribution is -0.155. The molecule has 0 radical (unpaired) electrons. The number of nitrogens with zero attached hydrogens (tertiary/aromatic N) is 4. The molecule has 7 nitrogen and oxygen atoms in total. The quantitative estimate of drug-likeness (QED) is 0.804. The Balaban J connectivity index is 1.69. The van der Waals surface area contributed by atoms with Gasteiger partial charge in [-0.3, -0.25) is 4.79 Å². The number of hydrogen-bond donors (Lipinski definition) is 0. The lowest BCUT2D eigenvalue weighted by atomic mass is 9.91. The third-order valence-corrected chi connectivity index (χ3v) is 4.78. The number of anilines is 1. The predicted molar refractivity (Wildman–Crippen MR) is 78.5 cm³/mol. The summed E-state index contributed by atoms with van der Waals surface area (Å²) in [4.78, 5) is 16.1. The third kappa shape index (κ3) is 3.17. The number of carbonyl (C=O) groups is 1. The molecule has 1 aromatic rings. The Kier molecular flexibility index (Phi) is 4.37. The molecule has 1 atom stereocenters. The Morgan fingerprint density at radius 2 is 2.43 bits per heavy atom. The van der Waals surface area contributed by atoms with Crippen molar-refractivity contribution in [3.8, 4) is 0 Å². The van der Waals surface area contributed by atoms with Crippen LogP contribution >= 0.6 is 11.3 Å². The summed E-state index contributed by atoms with van der Waals surface area (Å²) in [5.41, 5.74) is 1.46. The molecular formula is C13H20N4O3S. The summed E-state index contributed by atoms with van der Waals surface area (Å²) in [5, 5.41) is 8.97. The molecule has 8 heteroatoms. The van der Waals surface area contributed by atoms with Crippen molar-refractivity contribution in [3.05, 3.63) is 5.51 Å². The minimum absolute atomic E-state index is 0.0354. The van der Waals surface area contributed by atoms with Gasteiger partial charge >= 0.3 is 0 Å². The number of amides is 1. The van der Waals surface area contributed by atoms with Crippen LogP contribution in [0.15, 0.2) is 5.51 Å². The number of ether oxygens (including phenoxy) is 2. The van der Waals surface area contributed by atoms with Gasteiger partial charge in [0.1, 0.15) is 17.7 Å². The summed E-state index contributed by atoms with van der Waals surface area (Å²) in [6, 6.07) is 0. The first-order valence-electron chi connectivity index (χ1n) is 7.14. The van der Waals surface area contributed by atoms with E-state index in [0.717, 1.165) is 31.1 Å². The maximum absolute atomic E-state index is 12.0. The van der Waals surface area contributed by atoms with Gasteiger partial charge in [-0.05, 0) is 12.8 Å². The van der Waals surface area contributed by atoms with Crippen molar-refractivity contribution < 1.29 is 14.3 Å². The summed E-state index contributed by atoms with van der Waals surface area (Å²) in [5.74, 6) is 0.0354. The Morgan fingerprint density at radius 1 is 1.52 bits per heavy atom. The van der Waals surface area contributed by atoms with Gasteiger partial charge in [0.25, 0.3) is 0 Å². The summed E-state index contributed by atoms with van der Waals surface area (Å²) in [7, 11) is 1.55. The first-order valence-corrected chi connectivity index (χ1v) is 8.02. The van der Waals surface area contributed by atoms with Gasteiger partial charge in [0.15, 0.2) is 0 Å². The van der Waals surface area contributed by atoms with Crippen LogP contribution in [0.4, 0.5) is 5.13 Å². The smallest absolute Gasteiger partial charge is 0.248 e. The number of rotatable bonds is 3. The molecule has 1 amide bonds. The fourth-order valence-corrected chi connectivity index (χ4v) is 3.67. The van der Waals surface area contributed by atoms with E-state index in [-0.39, 0.29) is 18.1 Å². The molecule has 0 N–H and O–H groups in total. The van der Waals surface area contributed by atoms with Gasteiger partial charge in [0.2, 0.25) is 11.0 Å². The monoisotopic (exact) mass is 312 g/mol. The number of aromatic nitrogens is 2. The number of methoxy groups -OCH3 is 1. The first kappa shape index (κ1) is 14.7. The van der Waals surface area contributed by atoms with Gasteiger partial charge in [0.05, 0.1) is 19.7 Å². The second-order valence-electron chi connectivity index (χ2n) is 5.53. The van der Waals surface area contributed by atoms with Gasteiger partial charge in [-0.2, -0.15) is 0 Å². The topological polar surface area (TPSA) is 67.8 Å². The van der Waals surface area contributed by atoms with Crippen molar-refractivity contribution in [2.45, 2.75) is 18.4 Å². The average molecular weight is 312 g/mol. The summed E-state index contributed by atoms with van der Waals surface area (Å²) in [6.07, 6.45) is 2.00. The van der Waals surface area contributed by atoms with E-state index < -0.39 is 0 Å². The molecule has 2 aliphatic heterocycles. The van der Waals surface area contributed by atoms with E-state index in [9.17, 15) is 4.79 Å². The van der Waals surface area contributed by atoms with E-state index in [1.807, 2.05) is 4.90 Å². The molecule has 0 aromatic carbocycles. The van der Waals surface area contributed by atoms with E-state index in [0.29, 0.717) is 19.7 Å². The minimum atomic E-state index is -0.286. The number of carbonyl (C=O) groups excluding carboxylic acids is 1. The fraction of sp³-hybridized carbons (Fsp3) is 0.769. The lowest BCUT2D eigenvalue weighted by Crippen LogP contribution is -2.61. The molecule has 2 aliphatic rings. The number of hydrogen-bond acceptors (Lipinski definition) is 7. The average Bonchev–Trinajstić information content (AvgIpc) is 3.02. The van der Waals surface area contributed by atoms with E-state index in [1.54, 1.807) is 12.6 Å². The van der Waals surface area contributed by atoms with Crippen molar-refractivity contribution in [1.29, 1.82) is 0 Å². The van der Waals surface area contributed by atoms with Gasteiger partial charge in [-0.15, -0.1) is 10.2 Å². The predicted octanol–water partition coefficient (Wildman–Crippen LogP) is 0.382. The van der Waals surface area contributed by atoms with Gasteiger partial charge in [-0.25, -0.2) is 0 Å². The van der Waals surface area contributed by atoms with Crippen molar-refractivity contribution >= 4 is 22.4 Å². The van der Waals surface area contributed by atoms with Crippen LogP contribution < -0.4 is 4.90 Å². The Hall–Kier alpha value is -1.25. The van der Waals surface area contributed by atoms with Crippen LogP contribution in [-0.4, -0.2) is 73.1 Å².